The average molecular weight is 219 g/mol. The highest BCUT2D eigenvalue weighted by Crippen LogP contribution is 1.92. The molecule has 0 aromatic rings. The normalized spacial score (nSPS) is 11.2. The van der Waals surface area contributed by atoms with Crippen molar-refractivity contribution < 1.29 is 9.53 Å². The van der Waals surface area contributed by atoms with E-state index in [-0.39, 0.29) is 12.1 Å². The van der Waals surface area contributed by atoms with E-state index in [9.17, 15) is 4.79 Å². The van der Waals surface area contributed by atoms with E-state index in [0.717, 1.165) is 0 Å². The van der Waals surface area contributed by atoms with Crippen molar-refractivity contribution in [3.8, 4) is 11.8 Å². The Kier molecular flexibility index (Phi) is 5.96. The Bertz CT molecular complexity index is 178. The highest BCUT2D eigenvalue weighted by molar-refractivity contribution is 9.09. The zero-order valence-corrected chi connectivity index (χ0v) is 8.27. The minimum Gasteiger partial charge on any atom is -0.449 e. The summed E-state index contributed by atoms with van der Waals surface area (Å²) >= 11 is 3.15. The SMILES string of the molecule is CCC(=O)OC(C)C#CCBr. The Hall–Kier alpha value is -0.490. The van der Waals surface area contributed by atoms with Gasteiger partial charge in [0.15, 0.2) is 6.10 Å². The lowest BCUT2D eigenvalue weighted by Crippen LogP contribution is -2.11. The lowest BCUT2D eigenvalue weighted by atomic mass is 10.4. The minimum absolute atomic E-state index is 0.207. The second-order valence-corrected chi connectivity index (χ2v) is 2.50. The third-order valence-corrected chi connectivity index (χ3v) is 1.25. The van der Waals surface area contributed by atoms with Crippen LogP contribution in [0, 0.1) is 11.8 Å². The summed E-state index contributed by atoms with van der Waals surface area (Å²) in [6, 6.07) is 0. The van der Waals surface area contributed by atoms with Gasteiger partial charge in [-0.15, -0.1) is 0 Å². The molecule has 0 heterocycles. The van der Waals surface area contributed by atoms with Gasteiger partial charge in [-0.05, 0) is 6.92 Å². The van der Waals surface area contributed by atoms with Gasteiger partial charge in [-0.2, -0.15) is 0 Å². The molecule has 0 aliphatic heterocycles. The summed E-state index contributed by atoms with van der Waals surface area (Å²) in [7, 11) is 0. The molecule has 0 bridgehead atoms. The minimum atomic E-state index is -0.292. The van der Waals surface area contributed by atoms with E-state index in [1.165, 1.54) is 0 Å². The van der Waals surface area contributed by atoms with Crippen LogP contribution in [0.2, 0.25) is 0 Å². The van der Waals surface area contributed by atoms with Gasteiger partial charge in [0.25, 0.3) is 0 Å². The summed E-state index contributed by atoms with van der Waals surface area (Å²) in [5.41, 5.74) is 0. The van der Waals surface area contributed by atoms with Crippen molar-refractivity contribution in [3.63, 3.8) is 0 Å². The van der Waals surface area contributed by atoms with Gasteiger partial charge in [-0.1, -0.05) is 34.7 Å². The van der Waals surface area contributed by atoms with E-state index in [1.54, 1.807) is 13.8 Å². The topological polar surface area (TPSA) is 26.3 Å². The van der Waals surface area contributed by atoms with E-state index in [4.69, 9.17) is 4.74 Å². The molecule has 0 rings (SSSR count). The van der Waals surface area contributed by atoms with Gasteiger partial charge in [0.2, 0.25) is 0 Å². The lowest BCUT2D eigenvalue weighted by Gasteiger charge is -2.04. The Morgan fingerprint density at radius 1 is 1.73 bits per heavy atom. The van der Waals surface area contributed by atoms with Gasteiger partial charge in [0, 0.05) is 6.42 Å². The quantitative estimate of drug-likeness (QED) is 0.401. The maximum absolute atomic E-state index is 10.7. The fourth-order valence-corrected chi connectivity index (χ4v) is 0.654. The molecule has 2 nitrogen and oxygen atoms in total. The van der Waals surface area contributed by atoms with Crippen LogP contribution >= 0.6 is 15.9 Å². The molecule has 62 valence electrons. The molecule has 0 N–H and O–H groups in total. The molecular formula is C8H11BrO2. The third kappa shape index (κ3) is 5.93. The van der Waals surface area contributed by atoms with Crippen LogP contribution in [0.3, 0.4) is 0 Å². The standard InChI is InChI=1S/C8H11BrO2/c1-3-8(10)11-7(2)5-4-6-9/h7H,3,6H2,1-2H3. The molecule has 0 saturated carbocycles. The molecule has 1 atom stereocenters. The fourth-order valence-electron chi connectivity index (χ4n) is 0.492. The summed E-state index contributed by atoms with van der Waals surface area (Å²) in [5.74, 6) is 5.32. The number of alkyl halides is 1. The summed E-state index contributed by atoms with van der Waals surface area (Å²) in [5, 5.41) is 0.612. The maximum atomic E-state index is 10.7. The molecule has 11 heavy (non-hydrogen) atoms. The van der Waals surface area contributed by atoms with Crippen LogP contribution in [0.1, 0.15) is 20.3 Å². The van der Waals surface area contributed by atoms with Gasteiger partial charge in [0.05, 0.1) is 5.33 Å². The predicted octanol–water partition coefficient (Wildman–Crippen LogP) is 1.73. The predicted molar refractivity (Wildman–Crippen MR) is 47.4 cm³/mol. The van der Waals surface area contributed by atoms with Crippen molar-refractivity contribution in [2.75, 3.05) is 5.33 Å². The molecule has 0 spiro atoms. The Morgan fingerprint density at radius 2 is 2.36 bits per heavy atom. The highest BCUT2D eigenvalue weighted by atomic mass is 79.9. The van der Waals surface area contributed by atoms with Gasteiger partial charge >= 0.3 is 5.97 Å². The van der Waals surface area contributed by atoms with Crippen molar-refractivity contribution in [2.24, 2.45) is 0 Å². The van der Waals surface area contributed by atoms with Crippen LogP contribution in [0.15, 0.2) is 0 Å². The van der Waals surface area contributed by atoms with Crippen molar-refractivity contribution in [3.05, 3.63) is 0 Å². The van der Waals surface area contributed by atoms with Crippen LogP contribution < -0.4 is 0 Å². The van der Waals surface area contributed by atoms with E-state index < -0.39 is 0 Å². The Labute approximate surface area is 75.4 Å². The van der Waals surface area contributed by atoms with Crippen molar-refractivity contribution >= 4 is 21.9 Å². The highest BCUT2D eigenvalue weighted by Gasteiger charge is 2.02. The number of hydrogen-bond donors (Lipinski definition) is 0. The van der Waals surface area contributed by atoms with Gasteiger partial charge in [-0.3, -0.25) is 4.79 Å². The van der Waals surface area contributed by atoms with Crippen LogP contribution in [0.5, 0.6) is 0 Å². The smallest absolute Gasteiger partial charge is 0.306 e. The Morgan fingerprint density at radius 3 is 2.82 bits per heavy atom. The molecule has 0 aliphatic carbocycles. The molecule has 0 amide bonds. The molecule has 0 saturated heterocycles. The molecular weight excluding hydrogens is 208 g/mol. The second-order valence-electron chi connectivity index (χ2n) is 1.94. The molecule has 3 heteroatoms. The molecule has 1 unspecified atom stereocenters. The number of carbonyl (C=O) groups excluding carboxylic acids is 1. The average Bonchev–Trinajstić information content (AvgIpc) is 2.00. The summed E-state index contributed by atoms with van der Waals surface area (Å²) in [6.45, 7) is 3.51. The zero-order valence-electron chi connectivity index (χ0n) is 6.69. The van der Waals surface area contributed by atoms with Gasteiger partial charge in [-0.25, -0.2) is 0 Å². The fraction of sp³-hybridized carbons (Fsp3) is 0.625. The van der Waals surface area contributed by atoms with E-state index in [2.05, 4.69) is 27.8 Å². The maximum Gasteiger partial charge on any atom is 0.306 e. The number of rotatable bonds is 2. The van der Waals surface area contributed by atoms with E-state index in [1.807, 2.05) is 0 Å². The molecule has 0 aliphatic rings. The first-order valence-electron chi connectivity index (χ1n) is 3.44. The third-order valence-electron chi connectivity index (χ3n) is 0.969. The molecule has 0 aromatic heterocycles. The number of hydrogen-bond acceptors (Lipinski definition) is 2. The first-order valence-corrected chi connectivity index (χ1v) is 4.56. The Balaban J connectivity index is 3.68. The van der Waals surface area contributed by atoms with Crippen LogP contribution in [-0.2, 0) is 9.53 Å². The second kappa shape index (κ2) is 6.23. The van der Waals surface area contributed by atoms with Crippen LogP contribution in [-0.4, -0.2) is 17.4 Å². The number of esters is 1. The largest absolute Gasteiger partial charge is 0.449 e. The summed E-state index contributed by atoms with van der Waals surface area (Å²) in [4.78, 5) is 10.7. The number of ether oxygens (including phenoxy) is 1. The van der Waals surface area contributed by atoms with Crippen molar-refractivity contribution in [2.45, 2.75) is 26.4 Å². The number of halogens is 1. The van der Waals surface area contributed by atoms with Gasteiger partial charge < -0.3 is 4.74 Å². The van der Waals surface area contributed by atoms with Gasteiger partial charge in [0.1, 0.15) is 0 Å². The van der Waals surface area contributed by atoms with E-state index >= 15 is 0 Å². The lowest BCUT2D eigenvalue weighted by molar-refractivity contribution is -0.145. The summed E-state index contributed by atoms with van der Waals surface area (Å²) < 4.78 is 4.87. The van der Waals surface area contributed by atoms with Crippen LogP contribution in [0.25, 0.3) is 0 Å². The summed E-state index contributed by atoms with van der Waals surface area (Å²) in [6.07, 6.45) is 0.111. The van der Waals surface area contributed by atoms with Crippen LogP contribution in [0.4, 0.5) is 0 Å². The first-order chi connectivity index (χ1) is 5.20. The van der Waals surface area contributed by atoms with Crippen molar-refractivity contribution in [1.29, 1.82) is 0 Å². The van der Waals surface area contributed by atoms with E-state index in [0.29, 0.717) is 11.8 Å². The zero-order chi connectivity index (χ0) is 8.69. The van der Waals surface area contributed by atoms with Crippen molar-refractivity contribution in [1.82, 2.24) is 0 Å². The molecule has 0 radical (unpaired) electrons. The first kappa shape index (κ1) is 10.5. The molecule has 0 aromatic carbocycles. The molecule has 0 fully saturated rings. The number of carbonyl (C=O) groups is 1. The monoisotopic (exact) mass is 218 g/mol.